The van der Waals surface area contributed by atoms with Gasteiger partial charge in [-0.1, -0.05) is 6.07 Å². The maximum absolute atomic E-state index is 5.90. The molecule has 2 aromatic rings. The van der Waals surface area contributed by atoms with E-state index in [0.29, 0.717) is 5.69 Å². The molecule has 1 aromatic heterocycles. The molecule has 0 aliphatic carbocycles. The summed E-state index contributed by atoms with van der Waals surface area (Å²) in [6.45, 7) is 6.90. The molecule has 0 bridgehead atoms. The Morgan fingerprint density at radius 2 is 2.11 bits per heavy atom. The van der Waals surface area contributed by atoms with Gasteiger partial charge in [-0.05, 0) is 38.5 Å². The number of benzene rings is 1. The molecule has 0 atom stereocenters. The molecule has 0 saturated heterocycles. The average molecular weight is 245 g/mol. The van der Waals surface area contributed by atoms with Crippen LogP contribution in [0.1, 0.15) is 20.8 Å². The van der Waals surface area contributed by atoms with Gasteiger partial charge in [0.05, 0.1) is 18.0 Å². The number of aryl methyl sites for hydroxylation is 1. The SMILES string of the molecule is CCn1cc(-c2ccc(N)c(OC(C)C)c2)cn1. The van der Waals surface area contributed by atoms with Gasteiger partial charge in [0.2, 0.25) is 0 Å². The molecule has 0 aliphatic rings. The molecule has 0 saturated carbocycles. The molecule has 4 heteroatoms. The minimum Gasteiger partial charge on any atom is -0.489 e. The number of hydrogen-bond acceptors (Lipinski definition) is 3. The van der Waals surface area contributed by atoms with Crippen molar-refractivity contribution in [1.29, 1.82) is 0 Å². The zero-order valence-electron chi connectivity index (χ0n) is 11.1. The number of nitrogens with zero attached hydrogens (tertiary/aromatic N) is 2. The molecule has 0 fully saturated rings. The summed E-state index contributed by atoms with van der Waals surface area (Å²) >= 11 is 0. The molecule has 1 aromatic carbocycles. The summed E-state index contributed by atoms with van der Waals surface area (Å²) < 4.78 is 7.59. The van der Waals surface area contributed by atoms with Crippen molar-refractivity contribution in [3.8, 4) is 16.9 Å². The normalized spacial score (nSPS) is 10.9. The van der Waals surface area contributed by atoms with Crippen LogP contribution in [-0.4, -0.2) is 15.9 Å². The molecule has 0 amide bonds. The maximum atomic E-state index is 5.90. The fourth-order valence-corrected chi connectivity index (χ4v) is 1.76. The van der Waals surface area contributed by atoms with E-state index in [9.17, 15) is 0 Å². The van der Waals surface area contributed by atoms with Gasteiger partial charge in [-0.25, -0.2) is 0 Å². The van der Waals surface area contributed by atoms with Crippen LogP contribution in [0, 0.1) is 0 Å². The summed E-state index contributed by atoms with van der Waals surface area (Å²) in [6, 6.07) is 5.82. The molecule has 2 N–H and O–H groups in total. The molecule has 96 valence electrons. The van der Waals surface area contributed by atoms with E-state index >= 15 is 0 Å². The Hall–Kier alpha value is -1.97. The summed E-state index contributed by atoms with van der Waals surface area (Å²) in [4.78, 5) is 0. The van der Waals surface area contributed by atoms with E-state index < -0.39 is 0 Å². The minimum absolute atomic E-state index is 0.112. The van der Waals surface area contributed by atoms with Crippen molar-refractivity contribution in [3.05, 3.63) is 30.6 Å². The van der Waals surface area contributed by atoms with Crippen molar-refractivity contribution >= 4 is 5.69 Å². The van der Waals surface area contributed by atoms with Crippen LogP contribution in [0.2, 0.25) is 0 Å². The molecule has 0 radical (unpaired) electrons. The van der Waals surface area contributed by atoms with Gasteiger partial charge in [0, 0.05) is 18.3 Å². The number of aromatic nitrogens is 2. The van der Waals surface area contributed by atoms with Crippen molar-refractivity contribution in [3.63, 3.8) is 0 Å². The Labute approximate surface area is 107 Å². The first-order chi connectivity index (χ1) is 8.60. The van der Waals surface area contributed by atoms with E-state index in [1.54, 1.807) is 0 Å². The maximum Gasteiger partial charge on any atom is 0.143 e. The standard InChI is InChI=1S/C14H19N3O/c1-4-17-9-12(8-16-17)11-5-6-13(15)14(7-11)18-10(2)3/h5-10H,4,15H2,1-3H3. The van der Waals surface area contributed by atoms with E-state index in [1.807, 2.05) is 49.1 Å². The number of nitrogen functional groups attached to an aromatic ring is 1. The third-order valence-electron chi connectivity index (χ3n) is 2.67. The fourth-order valence-electron chi connectivity index (χ4n) is 1.76. The van der Waals surface area contributed by atoms with Crippen molar-refractivity contribution in [1.82, 2.24) is 9.78 Å². The molecular weight excluding hydrogens is 226 g/mol. The van der Waals surface area contributed by atoms with Gasteiger partial charge in [-0.15, -0.1) is 0 Å². The number of rotatable bonds is 4. The van der Waals surface area contributed by atoms with Crippen LogP contribution >= 0.6 is 0 Å². The predicted molar refractivity (Wildman–Crippen MR) is 73.5 cm³/mol. The number of ether oxygens (including phenoxy) is 1. The van der Waals surface area contributed by atoms with E-state index in [0.717, 1.165) is 23.4 Å². The Kier molecular flexibility index (Phi) is 3.55. The fraction of sp³-hybridized carbons (Fsp3) is 0.357. The van der Waals surface area contributed by atoms with Gasteiger partial charge in [0.25, 0.3) is 0 Å². The monoisotopic (exact) mass is 245 g/mol. The van der Waals surface area contributed by atoms with Gasteiger partial charge in [-0.3, -0.25) is 4.68 Å². The third kappa shape index (κ3) is 2.64. The average Bonchev–Trinajstić information content (AvgIpc) is 2.80. The van der Waals surface area contributed by atoms with Crippen LogP contribution in [0.15, 0.2) is 30.6 Å². The molecule has 18 heavy (non-hydrogen) atoms. The number of hydrogen-bond donors (Lipinski definition) is 1. The van der Waals surface area contributed by atoms with Gasteiger partial charge < -0.3 is 10.5 Å². The summed E-state index contributed by atoms with van der Waals surface area (Å²) in [6.07, 6.45) is 3.99. The first-order valence-electron chi connectivity index (χ1n) is 6.19. The lowest BCUT2D eigenvalue weighted by atomic mass is 10.1. The van der Waals surface area contributed by atoms with Crippen LogP contribution < -0.4 is 10.5 Å². The second kappa shape index (κ2) is 5.12. The van der Waals surface area contributed by atoms with Crippen LogP contribution in [-0.2, 0) is 6.54 Å². The highest BCUT2D eigenvalue weighted by atomic mass is 16.5. The molecular formula is C14H19N3O. The second-order valence-corrected chi connectivity index (χ2v) is 4.50. The quantitative estimate of drug-likeness (QED) is 0.842. The second-order valence-electron chi connectivity index (χ2n) is 4.50. The molecule has 1 heterocycles. The Morgan fingerprint density at radius 3 is 2.72 bits per heavy atom. The van der Waals surface area contributed by atoms with Gasteiger partial charge in [0.1, 0.15) is 5.75 Å². The molecule has 2 rings (SSSR count). The van der Waals surface area contributed by atoms with Crippen molar-refractivity contribution in [2.45, 2.75) is 33.4 Å². The van der Waals surface area contributed by atoms with Crippen LogP contribution in [0.4, 0.5) is 5.69 Å². The zero-order chi connectivity index (χ0) is 13.1. The Balaban J connectivity index is 2.33. The summed E-state index contributed by atoms with van der Waals surface area (Å²) in [5, 5.41) is 4.27. The first kappa shape index (κ1) is 12.5. The minimum atomic E-state index is 0.112. The first-order valence-corrected chi connectivity index (χ1v) is 6.19. The number of nitrogens with two attached hydrogens (primary N) is 1. The van der Waals surface area contributed by atoms with Crippen molar-refractivity contribution in [2.24, 2.45) is 0 Å². The smallest absolute Gasteiger partial charge is 0.143 e. The van der Waals surface area contributed by atoms with Crippen molar-refractivity contribution < 1.29 is 4.74 Å². The molecule has 4 nitrogen and oxygen atoms in total. The highest BCUT2D eigenvalue weighted by molar-refractivity contribution is 5.68. The van der Waals surface area contributed by atoms with Gasteiger partial charge >= 0.3 is 0 Å². The van der Waals surface area contributed by atoms with E-state index in [1.165, 1.54) is 0 Å². The van der Waals surface area contributed by atoms with Gasteiger partial charge in [-0.2, -0.15) is 5.10 Å². The summed E-state index contributed by atoms with van der Waals surface area (Å²) in [5.41, 5.74) is 8.71. The highest BCUT2D eigenvalue weighted by Gasteiger charge is 2.07. The van der Waals surface area contributed by atoms with Crippen LogP contribution in [0.3, 0.4) is 0 Å². The van der Waals surface area contributed by atoms with E-state index in [-0.39, 0.29) is 6.10 Å². The van der Waals surface area contributed by atoms with E-state index in [2.05, 4.69) is 12.0 Å². The largest absolute Gasteiger partial charge is 0.489 e. The lowest BCUT2D eigenvalue weighted by Gasteiger charge is -2.13. The molecule has 0 aliphatic heterocycles. The van der Waals surface area contributed by atoms with Crippen LogP contribution in [0.5, 0.6) is 5.75 Å². The lowest BCUT2D eigenvalue weighted by molar-refractivity contribution is 0.244. The number of anilines is 1. The Bertz CT molecular complexity index is 532. The highest BCUT2D eigenvalue weighted by Crippen LogP contribution is 2.29. The summed E-state index contributed by atoms with van der Waals surface area (Å²) in [5.74, 6) is 0.728. The lowest BCUT2D eigenvalue weighted by Crippen LogP contribution is -2.07. The topological polar surface area (TPSA) is 53.1 Å². The summed E-state index contributed by atoms with van der Waals surface area (Å²) in [7, 11) is 0. The van der Waals surface area contributed by atoms with E-state index in [4.69, 9.17) is 10.5 Å². The van der Waals surface area contributed by atoms with Crippen molar-refractivity contribution in [2.75, 3.05) is 5.73 Å². The Morgan fingerprint density at radius 1 is 1.33 bits per heavy atom. The van der Waals surface area contributed by atoms with Gasteiger partial charge in [0.15, 0.2) is 0 Å². The molecule has 0 spiro atoms. The third-order valence-corrected chi connectivity index (χ3v) is 2.67. The zero-order valence-corrected chi connectivity index (χ0v) is 11.1. The molecule has 0 unspecified atom stereocenters. The van der Waals surface area contributed by atoms with Crippen LogP contribution in [0.25, 0.3) is 11.1 Å². The predicted octanol–water partition coefficient (Wildman–Crippen LogP) is 2.94.